The highest BCUT2D eigenvalue weighted by atomic mass is 32.1. The van der Waals surface area contributed by atoms with Crippen LogP contribution in [0, 0.1) is 5.92 Å². The topological polar surface area (TPSA) is 74.2 Å². The average Bonchev–Trinajstić information content (AvgIpc) is 2.91. The van der Waals surface area contributed by atoms with E-state index in [1.54, 1.807) is 11.3 Å². The molecule has 0 radical (unpaired) electrons. The van der Waals surface area contributed by atoms with Crippen LogP contribution in [0.5, 0.6) is 0 Å². The molecular formula is C14H25N3O2S. The number of aliphatic hydroxyl groups excluding tert-OH is 1. The molecular weight excluding hydrogens is 274 g/mol. The number of nitrogens with one attached hydrogen (secondary N) is 2. The second-order valence-corrected chi connectivity index (χ2v) is 5.87. The SMILES string of the molecule is CCc1nc(CCNC(=O)NCC(O)C(C)CC)cs1. The zero-order chi connectivity index (χ0) is 15.0. The van der Waals surface area contributed by atoms with Crippen molar-refractivity contribution in [2.24, 2.45) is 5.92 Å². The van der Waals surface area contributed by atoms with Crippen molar-refractivity contribution in [2.75, 3.05) is 13.1 Å². The van der Waals surface area contributed by atoms with Gasteiger partial charge in [-0.05, 0) is 12.3 Å². The second-order valence-electron chi connectivity index (χ2n) is 4.93. The van der Waals surface area contributed by atoms with E-state index in [-0.39, 0.29) is 18.5 Å². The van der Waals surface area contributed by atoms with Crippen molar-refractivity contribution >= 4 is 17.4 Å². The minimum Gasteiger partial charge on any atom is -0.391 e. The van der Waals surface area contributed by atoms with Crippen LogP contribution in [0.25, 0.3) is 0 Å². The molecule has 5 nitrogen and oxygen atoms in total. The third-order valence-electron chi connectivity index (χ3n) is 3.34. The van der Waals surface area contributed by atoms with Crippen LogP contribution >= 0.6 is 11.3 Å². The second kappa shape index (κ2) is 8.92. The Kier molecular flexibility index (Phi) is 7.54. The summed E-state index contributed by atoms with van der Waals surface area (Å²) < 4.78 is 0. The summed E-state index contributed by atoms with van der Waals surface area (Å²) in [6.07, 6.45) is 2.09. The first-order chi connectivity index (χ1) is 9.56. The number of thiazole rings is 1. The van der Waals surface area contributed by atoms with Crippen LogP contribution in [0.3, 0.4) is 0 Å². The van der Waals surface area contributed by atoms with E-state index >= 15 is 0 Å². The van der Waals surface area contributed by atoms with Gasteiger partial charge < -0.3 is 15.7 Å². The molecule has 1 aromatic rings. The van der Waals surface area contributed by atoms with Crippen molar-refractivity contribution in [2.45, 2.75) is 46.1 Å². The number of hydrogen-bond donors (Lipinski definition) is 3. The highest BCUT2D eigenvalue weighted by molar-refractivity contribution is 7.09. The smallest absolute Gasteiger partial charge is 0.314 e. The molecule has 20 heavy (non-hydrogen) atoms. The first-order valence-electron chi connectivity index (χ1n) is 7.19. The van der Waals surface area contributed by atoms with Crippen LogP contribution in [0.2, 0.25) is 0 Å². The maximum atomic E-state index is 11.6. The predicted octanol–water partition coefficient (Wildman–Crippen LogP) is 1.95. The summed E-state index contributed by atoms with van der Waals surface area (Å²) in [5.74, 6) is 0.192. The van der Waals surface area contributed by atoms with Crippen LogP contribution in [0.4, 0.5) is 4.79 Å². The molecule has 0 aromatic carbocycles. The summed E-state index contributed by atoms with van der Waals surface area (Å²) in [7, 11) is 0. The molecule has 0 aliphatic rings. The van der Waals surface area contributed by atoms with E-state index in [2.05, 4.69) is 22.5 Å². The number of aryl methyl sites for hydroxylation is 1. The van der Waals surface area contributed by atoms with Gasteiger partial charge in [0, 0.05) is 24.9 Å². The lowest BCUT2D eigenvalue weighted by atomic mass is 10.0. The number of aromatic nitrogens is 1. The molecule has 3 N–H and O–H groups in total. The van der Waals surface area contributed by atoms with Gasteiger partial charge in [-0.2, -0.15) is 0 Å². The normalized spacial score (nSPS) is 13.8. The molecule has 0 bridgehead atoms. The average molecular weight is 299 g/mol. The maximum absolute atomic E-state index is 11.6. The van der Waals surface area contributed by atoms with Gasteiger partial charge in [-0.1, -0.05) is 27.2 Å². The van der Waals surface area contributed by atoms with Crippen LogP contribution in [0.1, 0.15) is 37.9 Å². The van der Waals surface area contributed by atoms with Gasteiger partial charge in [0.15, 0.2) is 0 Å². The summed E-state index contributed by atoms with van der Waals surface area (Å²) in [5, 5.41) is 18.4. The summed E-state index contributed by atoms with van der Waals surface area (Å²) in [5.41, 5.74) is 1.02. The molecule has 2 amide bonds. The number of urea groups is 1. The molecule has 1 rings (SSSR count). The van der Waals surface area contributed by atoms with Crippen molar-refractivity contribution in [1.29, 1.82) is 0 Å². The molecule has 1 aromatic heterocycles. The van der Waals surface area contributed by atoms with Crippen LogP contribution in [-0.4, -0.2) is 35.3 Å². The quantitative estimate of drug-likeness (QED) is 0.687. The lowest BCUT2D eigenvalue weighted by Gasteiger charge is -2.17. The number of hydrogen-bond acceptors (Lipinski definition) is 4. The van der Waals surface area contributed by atoms with Gasteiger partial charge in [0.05, 0.1) is 16.8 Å². The van der Waals surface area contributed by atoms with Gasteiger partial charge in [-0.3, -0.25) is 0 Å². The zero-order valence-electron chi connectivity index (χ0n) is 12.5. The zero-order valence-corrected chi connectivity index (χ0v) is 13.3. The Hall–Kier alpha value is -1.14. The maximum Gasteiger partial charge on any atom is 0.314 e. The van der Waals surface area contributed by atoms with Crippen molar-refractivity contribution in [3.05, 3.63) is 16.1 Å². The first kappa shape index (κ1) is 16.9. The van der Waals surface area contributed by atoms with Crippen molar-refractivity contribution in [1.82, 2.24) is 15.6 Å². The Bertz CT molecular complexity index is 409. The Morgan fingerprint density at radius 2 is 2.20 bits per heavy atom. The third-order valence-corrected chi connectivity index (χ3v) is 4.38. The van der Waals surface area contributed by atoms with E-state index in [9.17, 15) is 9.90 Å². The Morgan fingerprint density at radius 1 is 1.45 bits per heavy atom. The molecule has 6 heteroatoms. The van der Waals surface area contributed by atoms with Crippen LogP contribution in [0.15, 0.2) is 5.38 Å². The number of nitrogens with zero attached hydrogens (tertiary/aromatic N) is 1. The minimum absolute atomic E-state index is 0.192. The molecule has 114 valence electrons. The van der Waals surface area contributed by atoms with Crippen LogP contribution in [-0.2, 0) is 12.8 Å². The molecule has 0 aliphatic carbocycles. The summed E-state index contributed by atoms with van der Waals surface area (Å²) in [4.78, 5) is 16.0. The highest BCUT2D eigenvalue weighted by Crippen LogP contribution is 2.10. The van der Waals surface area contributed by atoms with E-state index in [4.69, 9.17) is 0 Å². The number of amides is 2. The Balaban J connectivity index is 2.17. The van der Waals surface area contributed by atoms with Crippen molar-refractivity contribution in [3.8, 4) is 0 Å². The molecule has 2 atom stereocenters. The lowest BCUT2D eigenvalue weighted by Crippen LogP contribution is -2.42. The van der Waals surface area contributed by atoms with Crippen molar-refractivity contribution < 1.29 is 9.90 Å². The van der Waals surface area contributed by atoms with E-state index in [0.717, 1.165) is 30.0 Å². The largest absolute Gasteiger partial charge is 0.391 e. The van der Waals surface area contributed by atoms with Crippen molar-refractivity contribution in [3.63, 3.8) is 0 Å². The summed E-state index contributed by atoms with van der Waals surface area (Å²) >= 11 is 1.66. The molecule has 0 saturated carbocycles. The summed E-state index contributed by atoms with van der Waals surface area (Å²) in [6.45, 7) is 6.91. The molecule has 0 spiro atoms. The molecule has 2 unspecified atom stereocenters. The van der Waals surface area contributed by atoms with Gasteiger partial charge in [0.2, 0.25) is 0 Å². The van der Waals surface area contributed by atoms with E-state index in [1.165, 1.54) is 0 Å². The molecule has 0 saturated heterocycles. The number of aliphatic hydroxyl groups is 1. The fraction of sp³-hybridized carbons (Fsp3) is 0.714. The molecule has 0 aliphatic heterocycles. The predicted molar refractivity (Wildman–Crippen MR) is 82.1 cm³/mol. The number of carbonyl (C=O) groups excluding carboxylic acids is 1. The number of rotatable bonds is 8. The Labute approximate surface area is 124 Å². The fourth-order valence-corrected chi connectivity index (χ4v) is 2.44. The van der Waals surface area contributed by atoms with Gasteiger partial charge in [-0.25, -0.2) is 9.78 Å². The monoisotopic (exact) mass is 299 g/mol. The van der Waals surface area contributed by atoms with E-state index < -0.39 is 6.10 Å². The minimum atomic E-state index is -0.489. The number of carbonyl (C=O) groups is 1. The first-order valence-corrected chi connectivity index (χ1v) is 8.07. The summed E-state index contributed by atoms with van der Waals surface area (Å²) in [6, 6.07) is -0.238. The van der Waals surface area contributed by atoms with Crippen LogP contribution < -0.4 is 10.6 Å². The fourth-order valence-electron chi connectivity index (χ4n) is 1.66. The standard InChI is InChI=1S/C14H25N3O2S/c1-4-10(3)12(18)8-16-14(19)15-7-6-11-9-20-13(5-2)17-11/h9-10,12,18H,4-8H2,1-3H3,(H2,15,16,19). The van der Waals surface area contributed by atoms with E-state index in [1.807, 2.05) is 19.2 Å². The van der Waals surface area contributed by atoms with Gasteiger partial charge >= 0.3 is 6.03 Å². The molecule has 1 heterocycles. The third kappa shape index (κ3) is 5.88. The molecule has 0 fully saturated rings. The van der Waals surface area contributed by atoms with E-state index in [0.29, 0.717) is 6.54 Å². The van der Waals surface area contributed by atoms with Gasteiger partial charge in [0.25, 0.3) is 0 Å². The Morgan fingerprint density at radius 3 is 2.80 bits per heavy atom. The van der Waals surface area contributed by atoms with Gasteiger partial charge in [0.1, 0.15) is 0 Å². The highest BCUT2D eigenvalue weighted by Gasteiger charge is 2.13. The lowest BCUT2D eigenvalue weighted by molar-refractivity contribution is 0.114. The van der Waals surface area contributed by atoms with Gasteiger partial charge in [-0.15, -0.1) is 11.3 Å².